The smallest absolute Gasteiger partial charge is 0.303 e. The summed E-state index contributed by atoms with van der Waals surface area (Å²) < 4.78 is 0. The second-order valence-corrected chi connectivity index (χ2v) is 9.84. The molecule has 0 aromatic carbocycles. The highest BCUT2D eigenvalue weighted by Gasteiger charge is 2.20. The molecular formula is C10H22O2Si. The molecule has 13 heavy (non-hydrogen) atoms. The molecule has 0 aliphatic heterocycles. The van der Waals surface area contributed by atoms with Crippen LogP contribution in [0.1, 0.15) is 32.6 Å². The minimum absolute atomic E-state index is 0.366. The van der Waals surface area contributed by atoms with E-state index in [2.05, 4.69) is 20.0 Å². The Morgan fingerprint density at radius 3 is 2.31 bits per heavy atom. The van der Waals surface area contributed by atoms with Gasteiger partial charge in [-0.1, -0.05) is 45.3 Å². The van der Waals surface area contributed by atoms with Gasteiger partial charge in [-0.25, -0.2) is 0 Å². The van der Waals surface area contributed by atoms with Gasteiger partial charge in [-0.15, -0.1) is 0 Å². The predicted octanol–water partition coefficient (Wildman–Crippen LogP) is 3.36. The van der Waals surface area contributed by atoms with Crippen LogP contribution >= 0.6 is 0 Å². The normalized spacial score (nSPS) is 11.6. The quantitative estimate of drug-likeness (QED) is 0.508. The summed E-state index contributed by atoms with van der Waals surface area (Å²) in [6.45, 7) is 6.79. The van der Waals surface area contributed by atoms with Crippen LogP contribution in [-0.4, -0.2) is 19.1 Å². The molecule has 0 rings (SSSR count). The third-order valence-electron chi connectivity index (χ3n) is 2.47. The predicted molar refractivity (Wildman–Crippen MR) is 58.9 cm³/mol. The lowest BCUT2D eigenvalue weighted by Crippen LogP contribution is -2.25. The van der Waals surface area contributed by atoms with Crippen LogP contribution in [0, 0.1) is 0 Å². The zero-order valence-electron chi connectivity index (χ0n) is 9.10. The van der Waals surface area contributed by atoms with Gasteiger partial charge in [0.2, 0.25) is 0 Å². The van der Waals surface area contributed by atoms with Gasteiger partial charge in [0, 0.05) is 14.5 Å². The minimum Gasteiger partial charge on any atom is -0.481 e. The summed E-state index contributed by atoms with van der Waals surface area (Å²) in [5.41, 5.74) is 0. The first-order chi connectivity index (χ1) is 5.98. The van der Waals surface area contributed by atoms with Crippen LogP contribution in [0.4, 0.5) is 0 Å². The topological polar surface area (TPSA) is 37.3 Å². The van der Waals surface area contributed by atoms with Crippen molar-refractivity contribution in [1.82, 2.24) is 0 Å². The third-order valence-corrected chi connectivity index (χ3v) is 5.78. The molecule has 0 bridgehead atoms. The van der Waals surface area contributed by atoms with Gasteiger partial charge < -0.3 is 5.11 Å². The van der Waals surface area contributed by atoms with E-state index in [0.717, 1.165) is 6.04 Å². The lowest BCUT2D eigenvalue weighted by atomic mass is 10.3. The molecule has 3 heteroatoms. The second kappa shape index (κ2) is 6.19. The summed E-state index contributed by atoms with van der Waals surface area (Å²) in [4.78, 5) is 10.4. The molecule has 0 atom stereocenters. The maximum Gasteiger partial charge on any atom is 0.303 e. The van der Waals surface area contributed by atoms with Crippen molar-refractivity contribution in [3.05, 3.63) is 0 Å². The molecule has 0 aromatic heterocycles. The van der Waals surface area contributed by atoms with E-state index in [-0.39, 0.29) is 0 Å². The lowest BCUT2D eigenvalue weighted by Gasteiger charge is -2.20. The number of unbranched alkanes of at least 4 members (excludes halogenated alkanes) is 2. The van der Waals surface area contributed by atoms with Crippen LogP contribution in [0.15, 0.2) is 0 Å². The highest BCUT2D eigenvalue weighted by molar-refractivity contribution is 6.77. The molecule has 0 aliphatic rings. The number of carboxylic acid groups (broad SMARTS) is 1. The monoisotopic (exact) mass is 202 g/mol. The molecule has 0 heterocycles. The van der Waals surface area contributed by atoms with E-state index < -0.39 is 14.0 Å². The average Bonchev–Trinajstić information content (AvgIpc) is 2.02. The Bertz CT molecular complexity index is 155. The number of aliphatic carboxylic acids is 1. The highest BCUT2D eigenvalue weighted by atomic mass is 28.3. The van der Waals surface area contributed by atoms with Crippen molar-refractivity contribution in [2.75, 3.05) is 0 Å². The molecule has 0 radical (unpaired) electrons. The van der Waals surface area contributed by atoms with E-state index in [9.17, 15) is 4.79 Å². The van der Waals surface area contributed by atoms with Crippen LogP contribution in [0.5, 0.6) is 0 Å². The average molecular weight is 202 g/mol. The summed E-state index contributed by atoms with van der Waals surface area (Å²) in [6.07, 6.45) is 4.20. The van der Waals surface area contributed by atoms with Gasteiger partial charge in [0.1, 0.15) is 0 Å². The van der Waals surface area contributed by atoms with E-state index in [4.69, 9.17) is 5.11 Å². The summed E-state index contributed by atoms with van der Waals surface area (Å²) in [7, 11) is -1.18. The van der Waals surface area contributed by atoms with Gasteiger partial charge in [0.05, 0.1) is 0 Å². The Balaban J connectivity index is 3.59. The first kappa shape index (κ1) is 12.7. The molecule has 0 saturated carbocycles. The van der Waals surface area contributed by atoms with Gasteiger partial charge in [-0.2, -0.15) is 0 Å². The van der Waals surface area contributed by atoms with E-state index in [1.807, 2.05) is 0 Å². The zero-order valence-corrected chi connectivity index (χ0v) is 10.1. The molecule has 1 N–H and O–H groups in total. The fraction of sp³-hybridized carbons (Fsp3) is 0.900. The van der Waals surface area contributed by atoms with Gasteiger partial charge in [-0.3, -0.25) is 4.79 Å². The fourth-order valence-corrected chi connectivity index (χ4v) is 3.77. The Morgan fingerprint density at radius 1 is 1.23 bits per heavy atom. The summed E-state index contributed by atoms with van der Waals surface area (Å²) >= 11 is 0. The largest absolute Gasteiger partial charge is 0.481 e. The van der Waals surface area contributed by atoms with Crippen LogP contribution < -0.4 is 0 Å². The molecule has 0 aliphatic carbocycles. The zero-order chi connectivity index (χ0) is 10.3. The maximum absolute atomic E-state index is 10.4. The second-order valence-electron chi connectivity index (χ2n) is 4.52. The molecular weight excluding hydrogens is 180 g/mol. The number of carbonyl (C=O) groups is 1. The van der Waals surface area contributed by atoms with Crippen LogP contribution in [0.2, 0.25) is 25.2 Å². The highest BCUT2D eigenvalue weighted by Crippen LogP contribution is 2.20. The van der Waals surface area contributed by atoms with Crippen LogP contribution in [0.3, 0.4) is 0 Å². The number of rotatable bonds is 7. The first-order valence-corrected chi connectivity index (χ1v) is 8.61. The Hall–Kier alpha value is -0.313. The van der Waals surface area contributed by atoms with Gasteiger partial charge >= 0.3 is 5.97 Å². The summed E-state index contributed by atoms with van der Waals surface area (Å²) in [5, 5.41) is 8.57. The summed E-state index contributed by atoms with van der Waals surface area (Å²) in [6, 6.07) is 2.22. The standard InChI is InChI=1S/C10H22O2Si/c1-4-5-6-8-13(2,3)9-7-10(11)12/h4-9H2,1-3H3,(H,11,12). The first-order valence-electron chi connectivity index (χ1n) is 5.20. The van der Waals surface area contributed by atoms with E-state index in [1.165, 1.54) is 25.3 Å². The number of hydrogen-bond donors (Lipinski definition) is 1. The van der Waals surface area contributed by atoms with Gasteiger partial charge in [-0.05, 0) is 6.04 Å². The number of hydrogen-bond acceptors (Lipinski definition) is 1. The fourth-order valence-electron chi connectivity index (χ4n) is 1.42. The lowest BCUT2D eigenvalue weighted by molar-refractivity contribution is -0.136. The number of carboxylic acids is 1. The maximum atomic E-state index is 10.4. The molecule has 0 amide bonds. The van der Waals surface area contributed by atoms with Crippen molar-refractivity contribution in [3.63, 3.8) is 0 Å². The molecule has 0 unspecified atom stereocenters. The molecule has 0 spiro atoms. The van der Waals surface area contributed by atoms with Crippen LogP contribution in [0.25, 0.3) is 0 Å². The summed E-state index contributed by atoms with van der Waals surface area (Å²) in [5.74, 6) is -0.643. The molecule has 2 nitrogen and oxygen atoms in total. The third kappa shape index (κ3) is 8.03. The van der Waals surface area contributed by atoms with Crippen molar-refractivity contribution in [2.24, 2.45) is 0 Å². The Morgan fingerprint density at radius 2 is 1.85 bits per heavy atom. The van der Waals surface area contributed by atoms with E-state index in [1.54, 1.807) is 0 Å². The van der Waals surface area contributed by atoms with Crippen molar-refractivity contribution >= 4 is 14.0 Å². The molecule has 0 fully saturated rings. The SMILES string of the molecule is CCCCC[Si](C)(C)CCC(=O)O. The molecule has 0 saturated heterocycles. The molecule has 78 valence electrons. The van der Waals surface area contributed by atoms with Gasteiger partial charge in [0.25, 0.3) is 0 Å². The van der Waals surface area contributed by atoms with E-state index in [0.29, 0.717) is 6.42 Å². The van der Waals surface area contributed by atoms with Gasteiger partial charge in [0.15, 0.2) is 0 Å². The minimum atomic E-state index is -1.18. The van der Waals surface area contributed by atoms with Crippen molar-refractivity contribution in [3.8, 4) is 0 Å². The van der Waals surface area contributed by atoms with E-state index >= 15 is 0 Å². The Kier molecular flexibility index (Phi) is 6.04. The Labute approximate surface area is 82.4 Å². The van der Waals surface area contributed by atoms with Crippen molar-refractivity contribution in [2.45, 2.75) is 57.8 Å². The van der Waals surface area contributed by atoms with Crippen LogP contribution in [-0.2, 0) is 4.79 Å². The van der Waals surface area contributed by atoms with Crippen molar-refractivity contribution < 1.29 is 9.90 Å². The molecule has 0 aromatic rings. The van der Waals surface area contributed by atoms with Crippen molar-refractivity contribution in [1.29, 1.82) is 0 Å².